The Morgan fingerprint density at radius 1 is 1.40 bits per heavy atom. The Bertz CT molecular complexity index is 337. The van der Waals surface area contributed by atoms with Crippen molar-refractivity contribution in [3.63, 3.8) is 0 Å². The van der Waals surface area contributed by atoms with Gasteiger partial charge in [-0.25, -0.2) is 0 Å². The van der Waals surface area contributed by atoms with Crippen molar-refractivity contribution in [3.05, 3.63) is 28.8 Å². The van der Waals surface area contributed by atoms with E-state index in [1.165, 1.54) is 11.1 Å². The number of benzene rings is 1. The van der Waals surface area contributed by atoms with E-state index in [0.29, 0.717) is 0 Å². The summed E-state index contributed by atoms with van der Waals surface area (Å²) in [6, 6.07) is 4.08. The highest BCUT2D eigenvalue weighted by Crippen LogP contribution is 2.19. The zero-order valence-corrected chi connectivity index (χ0v) is 9.67. The van der Waals surface area contributed by atoms with Crippen LogP contribution in [0.15, 0.2) is 12.1 Å². The standard InChI is InChI=1S/C12H20N2O/c1-8-4-5-12(13)10(3)11(8)6-14-9(2)7-15/h4-5,9,14-15H,6-7,13H2,1-3H3. The number of hydrogen-bond donors (Lipinski definition) is 3. The van der Waals surface area contributed by atoms with Crippen molar-refractivity contribution in [1.82, 2.24) is 5.32 Å². The number of hydrogen-bond acceptors (Lipinski definition) is 3. The van der Waals surface area contributed by atoms with Crippen LogP contribution in [0.4, 0.5) is 5.69 Å². The summed E-state index contributed by atoms with van der Waals surface area (Å²) in [4.78, 5) is 0. The van der Waals surface area contributed by atoms with Crippen LogP contribution in [0.2, 0.25) is 0 Å². The molecule has 1 unspecified atom stereocenters. The number of aliphatic hydroxyl groups excluding tert-OH is 1. The summed E-state index contributed by atoms with van der Waals surface area (Å²) in [5.74, 6) is 0. The van der Waals surface area contributed by atoms with Crippen LogP contribution < -0.4 is 11.1 Å². The zero-order chi connectivity index (χ0) is 11.4. The van der Waals surface area contributed by atoms with Crippen LogP contribution in [0.5, 0.6) is 0 Å². The first-order valence-corrected chi connectivity index (χ1v) is 5.25. The van der Waals surface area contributed by atoms with Crippen LogP contribution in [0, 0.1) is 13.8 Å². The average molecular weight is 208 g/mol. The van der Waals surface area contributed by atoms with Crippen LogP contribution in [0.25, 0.3) is 0 Å². The smallest absolute Gasteiger partial charge is 0.0582 e. The molecule has 0 saturated heterocycles. The third-order valence-electron chi connectivity index (χ3n) is 2.78. The Morgan fingerprint density at radius 2 is 2.07 bits per heavy atom. The van der Waals surface area contributed by atoms with Gasteiger partial charge in [0.1, 0.15) is 0 Å². The van der Waals surface area contributed by atoms with Crippen LogP contribution in [-0.2, 0) is 6.54 Å². The molecular formula is C12H20N2O. The topological polar surface area (TPSA) is 58.3 Å². The second kappa shape index (κ2) is 5.14. The van der Waals surface area contributed by atoms with E-state index in [4.69, 9.17) is 10.8 Å². The minimum absolute atomic E-state index is 0.116. The molecule has 0 aliphatic rings. The van der Waals surface area contributed by atoms with E-state index < -0.39 is 0 Å². The Hall–Kier alpha value is -1.06. The van der Waals surface area contributed by atoms with Gasteiger partial charge in [-0.1, -0.05) is 6.07 Å². The summed E-state index contributed by atoms with van der Waals surface area (Å²) < 4.78 is 0. The summed E-state index contributed by atoms with van der Waals surface area (Å²) in [5.41, 5.74) is 10.3. The summed E-state index contributed by atoms with van der Waals surface area (Å²) in [5, 5.41) is 12.2. The molecule has 3 nitrogen and oxygen atoms in total. The van der Waals surface area contributed by atoms with Crippen molar-refractivity contribution in [3.8, 4) is 0 Å². The van der Waals surface area contributed by atoms with Gasteiger partial charge in [0.25, 0.3) is 0 Å². The number of aliphatic hydroxyl groups is 1. The van der Waals surface area contributed by atoms with Gasteiger partial charge in [0.2, 0.25) is 0 Å². The molecule has 0 spiro atoms. The van der Waals surface area contributed by atoms with E-state index in [0.717, 1.165) is 17.8 Å². The van der Waals surface area contributed by atoms with Crippen molar-refractivity contribution < 1.29 is 5.11 Å². The van der Waals surface area contributed by atoms with E-state index in [2.05, 4.69) is 12.2 Å². The molecule has 0 amide bonds. The average Bonchev–Trinajstić information content (AvgIpc) is 2.23. The van der Waals surface area contributed by atoms with Gasteiger partial charge >= 0.3 is 0 Å². The van der Waals surface area contributed by atoms with Crippen molar-refractivity contribution in [2.75, 3.05) is 12.3 Å². The molecule has 0 aliphatic carbocycles. The fraction of sp³-hybridized carbons (Fsp3) is 0.500. The van der Waals surface area contributed by atoms with Crippen molar-refractivity contribution in [2.24, 2.45) is 0 Å². The maximum atomic E-state index is 8.92. The molecule has 0 saturated carbocycles. The monoisotopic (exact) mass is 208 g/mol. The number of nitrogen functional groups attached to an aromatic ring is 1. The first-order valence-electron chi connectivity index (χ1n) is 5.25. The van der Waals surface area contributed by atoms with Crippen LogP contribution in [0.3, 0.4) is 0 Å². The van der Waals surface area contributed by atoms with Gasteiger partial charge in [0.15, 0.2) is 0 Å². The number of anilines is 1. The van der Waals surface area contributed by atoms with Gasteiger partial charge in [-0.05, 0) is 43.5 Å². The Balaban J connectivity index is 2.80. The molecule has 84 valence electrons. The van der Waals surface area contributed by atoms with E-state index >= 15 is 0 Å². The molecule has 3 heteroatoms. The number of nitrogens with two attached hydrogens (primary N) is 1. The van der Waals surface area contributed by atoms with Gasteiger partial charge in [0.05, 0.1) is 6.61 Å². The molecule has 1 atom stereocenters. The fourth-order valence-corrected chi connectivity index (χ4v) is 1.52. The van der Waals surface area contributed by atoms with Crippen LogP contribution >= 0.6 is 0 Å². The number of nitrogens with one attached hydrogen (secondary N) is 1. The maximum absolute atomic E-state index is 8.92. The van der Waals surface area contributed by atoms with E-state index in [1.54, 1.807) is 0 Å². The summed E-state index contributed by atoms with van der Waals surface area (Å²) >= 11 is 0. The summed E-state index contributed by atoms with van der Waals surface area (Å²) in [6.07, 6.45) is 0. The molecule has 0 aliphatic heterocycles. The van der Waals surface area contributed by atoms with Gasteiger partial charge < -0.3 is 16.2 Å². The predicted molar refractivity (Wildman–Crippen MR) is 63.7 cm³/mol. The number of rotatable bonds is 4. The largest absolute Gasteiger partial charge is 0.399 e. The second-order valence-electron chi connectivity index (χ2n) is 4.04. The zero-order valence-electron chi connectivity index (χ0n) is 9.67. The van der Waals surface area contributed by atoms with Gasteiger partial charge in [-0.15, -0.1) is 0 Å². The first kappa shape index (κ1) is 12.0. The quantitative estimate of drug-likeness (QED) is 0.655. The minimum atomic E-state index is 0.116. The Morgan fingerprint density at radius 3 is 2.67 bits per heavy atom. The molecule has 0 aromatic heterocycles. The maximum Gasteiger partial charge on any atom is 0.0582 e. The van der Waals surface area contributed by atoms with Crippen molar-refractivity contribution in [2.45, 2.75) is 33.4 Å². The lowest BCUT2D eigenvalue weighted by Crippen LogP contribution is -2.29. The highest BCUT2D eigenvalue weighted by molar-refractivity contribution is 5.52. The molecule has 4 N–H and O–H groups in total. The summed E-state index contributed by atoms with van der Waals surface area (Å²) in [6.45, 7) is 6.97. The Kier molecular flexibility index (Phi) is 4.12. The third kappa shape index (κ3) is 2.94. The van der Waals surface area contributed by atoms with E-state index in [9.17, 15) is 0 Å². The lowest BCUT2D eigenvalue weighted by Gasteiger charge is -2.15. The SMILES string of the molecule is Cc1ccc(N)c(C)c1CNC(C)CO. The lowest BCUT2D eigenvalue weighted by molar-refractivity contribution is 0.251. The second-order valence-corrected chi connectivity index (χ2v) is 4.04. The highest BCUT2D eigenvalue weighted by Gasteiger charge is 2.06. The molecule has 15 heavy (non-hydrogen) atoms. The van der Waals surface area contributed by atoms with E-state index in [-0.39, 0.29) is 12.6 Å². The van der Waals surface area contributed by atoms with Crippen molar-refractivity contribution in [1.29, 1.82) is 0 Å². The minimum Gasteiger partial charge on any atom is -0.399 e. The molecule has 0 bridgehead atoms. The van der Waals surface area contributed by atoms with Gasteiger partial charge in [0, 0.05) is 18.3 Å². The molecule has 1 aromatic rings. The Labute approximate surface area is 91.3 Å². The molecular weight excluding hydrogens is 188 g/mol. The molecule has 1 aromatic carbocycles. The fourth-order valence-electron chi connectivity index (χ4n) is 1.52. The molecule has 1 rings (SSSR count). The number of aryl methyl sites for hydroxylation is 1. The van der Waals surface area contributed by atoms with E-state index in [1.807, 2.05) is 26.0 Å². The van der Waals surface area contributed by atoms with Crippen molar-refractivity contribution >= 4 is 5.69 Å². The highest BCUT2D eigenvalue weighted by atomic mass is 16.3. The molecule has 0 fully saturated rings. The third-order valence-corrected chi connectivity index (χ3v) is 2.78. The van der Waals surface area contributed by atoms with Crippen LogP contribution in [0.1, 0.15) is 23.6 Å². The first-order chi connectivity index (χ1) is 7.06. The predicted octanol–water partition coefficient (Wildman–Crippen LogP) is 1.36. The van der Waals surface area contributed by atoms with Crippen LogP contribution in [-0.4, -0.2) is 17.8 Å². The molecule has 0 heterocycles. The van der Waals surface area contributed by atoms with Gasteiger partial charge in [-0.2, -0.15) is 0 Å². The summed E-state index contributed by atoms with van der Waals surface area (Å²) in [7, 11) is 0. The van der Waals surface area contributed by atoms with Gasteiger partial charge in [-0.3, -0.25) is 0 Å². The lowest BCUT2D eigenvalue weighted by atomic mass is 10.0. The normalized spacial score (nSPS) is 12.8. The molecule has 0 radical (unpaired) electrons.